The van der Waals surface area contributed by atoms with Gasteiger partial charge >= 0.3 is 6.09 Å². The first kappa shape index (κ1) is 29.5. The minimum Gasteiger partial charge on any atom is -0.445 e. The van der Waals surface area contributed by atoms with Gasteiger partial charge in [0, 0.05) is 32.4 Å². The van der Waals surface area contributed by atoms with Gasteiger partial charge in [-0.25, -0.2) is 4.79 Å². The van der Waals surface area contributed by atoms with Gasteiger partial charge in [-0.1, -0.05) is 74.9 Å². The Morgan fingerprint density at radius 1 is 1.07 bits per heavy atom. The van der Waals surface area contributed by atoms with Crippen molar-refractivity contribution in [2.24, 2.45) is 5.41 Å². The molecule has 7 heteroatoms. The molecule has 0 radical (unpaired) electrons. The SMILES string of the molecule is Cc1ccc(CC(=O)C[C@@H](c2nnc(CCCC(C)(C)C)n2C2CC2)N(C)C(=O)OCc2ccccc2)c(C)c1. The lowest BCUT2D eigenvalue weighted by Gasteiger charge is -2.27. The monoisotopic (exact) mass is 544 g/mol. The zero-order chi connectivity index (χ0) is 28.9. The van der Waals surface area contributed by atoms with E-state index in [0.717, 1.165) is 54.6 Å². The van der Waals surface area contributed by atoms with E-state index >= 15 is 0 Å². The van der Waals surface area contributed by atoms with Crippen LogP contribution in [0.3, 0.4) is 0 Å². The van der Waals surface area contributed by atoms with Gasteiger partial charge < -0.3 is 14.2 Å². The Morgan fingerprint density at radius 2 is 1.80 bits per heavy atom. The molecular weight excluding hydrogens is 500 g/mol. The molecule has 1 fully saturated rings. The summed E-state index contributed by atoms with van der Waals surface area (Å²) in [4.78, 5) is 28.3. The fourth-order valence-corrected chi connectivity index (χ4v) is 5.14. The van der Waals surface area contributed by atoms with Crippen LogP contribution in [-0.2, 0) is 29.0 Å². The normalized spacial score (nSPS) is 14.2. The molecule has 1 aromatic heterocycles. The van der Waals surface area contributed by atoms with Crippen LogP contribution >= 0.6 is 0 Å². The van der Waals surface area contributed by atoms with Gasteiger partial charge in [-0.05, 0) is 61.6 Å². The number of hydrogen-bond donors (Lipinski definition) is 0. The fourth-order valence-electron chi connectivity index (χ4n) is 5.14. The molecule has 1 saturated carbocycles. The van der Waals surface area contributed by atoms with Gasteiger partial charge in [0.2, 0.25) is 0 Å². The van der Waals surface area contributed by atoms with Crippen molar-refractivity contribution in [3.8, 4) is 0 Å². The molecule has 4 rings (SSSR count). The Labute approximate surface area is 238 Å². The van der Waals surface area contributed by atoms with Crippen molar-refractivity contribution in [2.45, 2.75) is 98.3 Å². The van der Waals surface area contributed by atoms with Crippen molar-refractivity contribution in [1.82, 2.24) is 19.7 Å². The van der Waals surface area contributed by atoms with Crippen molar-refractivity contribution in [2.75, 3.05) is 7.05 Å². The summed E-state index contributed by atoms with van der Waals surface area (Å²) in [6.45, 7) is 11.0. The van der Waals surface area contributed by atoms with Crippen LogP contribution in [0.4, 0.5) is 4.79 Å². The second-order valence-corrected chi connectivity index (χ2v) is 12.5. The standard InChI is InChI=1S/C33H44N4O3/c1-23-14-15-26(24(2)19-23)20-28(38)21-29(36(6)32(39)40-22-25-11-8-7-9-12-25)31-35-34-30(37(31)27-16-17-27)13-10-18-33(3,4)5/h7-9,11-12,14-15,19,27,29H,10,13,16-18,20-22H2,1-6H3/t29-/m0/s1. The number of nitrogens with zero attached hydrogens (tertiary/aromatic N) is 4. The number of aryl methyl sites for hydroxylation is 3. The maximum Gasteiger partial charge on any atom is 0.410 e. The van der Waals surface area contributed by atoms with E-state index < -0.39 is 12.1 Å². The van der Waals surface area contributed by atoms with E-state index in [1.165, 1.54) is 10.5 Å². The first-order chi connectivity index (χ1) is 19.0. The first-order valence-electron chi connectivity index (χ1n) is 14.5. The number of aromatic nitrogens is 3. The highest BCUT2D eigenvalue weighted by Gasteiger charge is 2.36. The zero-order valence-electron chi connectivity index (χ0n) is 24.9. The van der Waals surface area contributed by atoms with Crippen LogP contribution in [0.2, 0.25) is 0 Å². The number of amides is 1. The third-order valence-corrected chi connectivity index (χ3v) is 7.60. The first-order valence-corrected chi connectivity index (χ1v) is 14.5. The lowest BCUT2D eigenvalue weighted by molar-refractivity contribution is -0.119. The van der Waals surface area contributed by atoms with Gasteiger partial charge in [0.05, 0.1) is 0 Å². The highest BCUT2D eigenvalue weighted by molar-refractivity contribution is 5.82. The summed E-state index contributed by atoms with van der Waals surface area (Å²) in [5.41, 5.74) is 4.44. The quantitative estimate of drug-likeness (QED) is 0.243. The summed E-state index contributed by atoms with van der Waals surface area (Å²) >= 11 is 0. The van der Waals surface area contributed by atoms with Gasteiger partial charge in [-0.2, -0.15) is 0 Å². The minimum absolute atomic E-state index is 0.0549. The number of hydrogen-bond acceptors (Lipinski definition) is 5. The predicted molar refractivity (Wildman–Crippen MR) is 157 cm³/mol. The number of ether oxygens (including phenoxy) is 1. The molecular formula is C33H44N4O3. The molecule has 0 N–H and O–H groups in total. The van der Waals surface area contributed by atoms with Crippen LogP contribution in [0, 0.1) is 19.3 Å². The van der Waals surface area contributed by atoms with Crippen molar-refractivity contribution < 1.29 is 14.3 Å². The molecule has 3 aromatic rings. The molecule has 0 spiro atoms. The molecule has 0 aliphatic heterocycles. The molecule has 1 atom stereocenters. The number of carbonyl (C=O) groups is 2. The van der Waals surface area contributed by atoms with Crippen molar-refractivity contribution in [3.63, 3.8) is 0 Å². The van der Waals surface area contributed by atoms with E-state index in [1.54, 1.807) is 7.05 Å². The summed E-state index contributed by atoms with van der Waals surface area (Å²) in [6.07, 6.45) is 5.02. The number of benzene rings is 2. The fraction of sp³-hybridized carbons (Fsp3) is 0.515. The molecule has 1 heterocycles. The van der Waals surface area contributed by atoms with Gasteiger partial charge in [0.25, 0.3) is 0 Å². The van der Waals surface area contributed by atoms with Gasteiger partial charge in [-0.3, -0.25) is 4.79 Å². The largest absolute Gasteiger partial charge is 0.445 e. The van der Waals surface area contributed by atoms with Crippen LogP contribution in [0.25, 0.3) is 0 Å². The summed E-state index contributed by atoms with van der Waals surface area (Å²) in [6, 6.07) is 15.5. The lowest BCUT2D eigenvalue weighted by atomic mass is 9.90. The van der Waals surface area contributed by atoms with Gasteiger partial charge in [-0.15, -0.1) is 10.2 Å². The number of rotatable bonds is 12. The zero-order valence-corrected chi connectivity index (χ0v) is 24.9. The van der Waals surface area contributed by atoms with E-state index in [-0.39, 0.29) is 24.2 Å². The Morgan fingerprint density at radius 3 is 2.45 bits per heavy atom. The lowest BCUT2D eigenvalue weighted by Crippen LogP contribution is -2.35. The Balaban J connectivity index is 1.57. The minimum atomic E-state index is -0.564. The Kier molecular flexibility index (Phi) is 9.44. The number of carbonyl (C=O) groups excluding carboxylic acids is 2. The molecule has 40 heavy (non-hydrogen) atoms. The summed E-state index contributed by atoms with van der Waals surface area (Å²) in [5, 5.41) is 9.21. The van der Waals surface area contributed by atoms with Crippen LogP contribution in [0.15, 0.2) is 48.5 Å². The Hall–Kier alpha value is -3.48. The van der Waals surface area contributed by atoms with Crippen molar-refractivity contribution in [3.05, 3.63) is 82.4 Å². The van der Waals surface area contributed by atoms with Crippen LogP contribution in [0.1, 0.15) is 98.9 Å². The Bertz CT molecular complexity index is 1300. The molecule has 0 saturated heterocycles. The van der Waals surface area contributed by atoms with E-state index in [2.05, 4.69) is 48.5 Å². The van der Waals surface area contributed by atoms with Crippen LogP contribution < -0.4 is 0 Å². The second-order valence-electron chi connectivity index (χ2n) is 12.5. The molecule has 1 aliphatic rings. The van der Waals surface area contributed by atoms with E-state index in [9.17, 15) is 9.59 Å². The molecule has 214 valence electrons. The van der Waals surface area contributed by atoms with Crippen LogP contribution in [0.5, 0.6) is 0 Å². The molecule has 2 aromatic carbocycles. The average molecular weight is 545 g/mol. The van der Waals surface area contributed by atoms with Gasteiger partial charge in [0.1, 0.15) is 24.3 Å². The average Bonchev–Trinajstić information content (AvgIpc) is 3.66. The molecule has 7 nitrogen and oxygen atoms in total. The highest BCUT2D eigenvalue weighted by Crippen LogP contribution is 2.40. The van der Waals surface area contributed by atoms with E-state index in [4.69, 9.17) is 4.74 Å². The van der Waals surface area contributed by atoms with E-state index in [1.807, 2.05) is 49.4 Å². The molecule has 0 unspecified atom stereocenters. The van der Waals surface area contributed by atoms with Gasteiger partial charge in [0.15, 0.2) is 5.82 Å². The summed E-state index contributed by atoms with van der Waals surface area (Å²) < 4.78 is 7.87. The molecule has 0 bridgehead atoms. The maximum atomic E-state index is 13.5. The van der Waals surface area contributed by atoms with Crippen molar-refractivity contribution in [1.29, 1.82) is 0 Å². The maximum absolute atomic E-state index is 13.5. The smallest absolute Gasteiger partial charge is 0.410 e. The third kappa shape index (κ3) is 8.03. The molecule has 1 amide bonds. The van der Waals surface area contributed by atoms with Crippen LogP contribution in [-0.4, -0.2) is 38.6 Å². The number of ketones is 1. The highest BCUT2D eigenvalue weighted by atomic mass is 16.6. The summed E-state index contributed by atoms with van der Waals surface area (Å²) in [7, 11) is 1.70. The third-order valence-electron chi connectivity index (χ3n) is 7.60. The van der Waals surface area contributed by atoms with Crippen molar-refractivity contribution >= 4 is 11.9 Å². The number of Topliss-reactive ketones (excluding diaryl/α,β-unsaturated/α-hetero) is 1. The predicted octanol–water partition coefficient (Wildman–Crippen LogP) is 7.11. The summed E-state index contributed by atoms with van der Waals surface area (Å²) in [5.74, 6) is 1.68. The second kappa shape index (κ2) is 12.8. The topological polar surface area (TPSA) is 77.3 Å². The van der Waals surface area contributed by atoms with E-state index in [0.29, 0.717) is 18.3 Å². The molecule has 1 aliphatic carbocycles.